The van der Waals surface area contributed by atoms with Crippen molar-refractivity contribution in [1.29, 1.82) is 0 Å². The largest absolute Gasteiger partial charge is 0.323 e. The van der Waals surface area contributed by atoms with E-state index in [1.54, 1.807) is 6.07 Å². The smallest absolute Gasteiger partial charge is 0.306 e. The van der Waals surface area contributed by atoms with Crippen LogP contribution in [0, 0.1) is 0 Å². The lowest BCUT2D eigenvalue weighted by atomic mass is 10.2. The van der Waals surface area contributed by atoms with Gasteiger partial charge >= 0.3 is 5.69 Å². The zero-order valence-corrected chi connectivity index (χ0v) is 15.2. The predicted octanol–water partition coefficient (Wildman–Crippen LogP) is 1.64. The molecule has 7 nitrogen and oxygen atoms in total. The van der Waals surface area contributed by atoms with Gasteiger partial charge in [0.2, 0.25) is 10.0 Å². The topological polar surface area (TPSA) is 98.1 Å². The van der Waals surface area contributed by atoms with Crippen LogP contribution in [0.4, 0.5) is 0 Å². The molecule has 0 fully saturated rings. The fourth-order valence-corrected chi connectivity index (χ4v) is 4.04. The minimum absolute atomic E-state index is 0.147. The first-order valence-corrected chi connectivity index (χ1v) is 9.80. The number of sulfonamides is 1. The highest BCUT2D eigenvalue weighted by molar-refractivity contribution is 7.89. The van der Waals surface area contributed by atoms with E-state index >= 15 is 0 Å². The van der Waals surface area contributed by atoms with E-state index in [1.807, 2.05) is 6.92 Å². The number of rotatable bonds is 9. The molecule has 0 aliphatic carbocycles. The Morgan fingerprint density at radius 2 is 1.83 bits per heavy atom. The molecule has 0 aliphatic rings. The van der Waals surface area contributed by atoms with Crippen molar-refractivity contribution in [3.8, 4) is 0 Å². The first-order valence-electron chi connectivity index (χ1n) is 8.32. The Morgan fingerprint density at radius 1 is 1.17 bits per heavy atom. The zero-order valence-electron chi connectivity index (χ0n) is 14.4. The zero-order chi connectivity index (χ0) is 17.7. The van der Waals surface area contributed by atoms with Crippen molar-refractivity contribution in [3.63, 3.8) is 0 Å². The number of fused-ring (bicyclic) bond motifs is 1. The van der Waals surface area contributed by atoms with Crippen LogP contribution in [-0.2, 0) is 10.0 Å². The van der Waals surface area contributed by atoms with E-state index in [-0.39, 0.29) is 16.6 Å². The quantitative estimate of drug-likeness (QED) is 0.638. The summed E-state index contributed by atoms with van der Waals surface area (Å²) in [7, 11) is -3.60. The molecule has 0 spiro atoms. The fraction of sp³-hybridized carbons (Fsp3) is 0.562. The lowest BCUT2D eigenvalue weighted by Gasteiger charge is -2.19. The van der Waals surface area contributed by atoms with Crippen molar-refractivity contribution >= 4 is 21.1 Å². The molecule has 134 valence electrons. The maximum absolute atomic E-state index is 12.5. The van der Waals surface area contributed by atoms with Crippen LogP contribution in [0.25, 0.3) is 11.0 Å². The molecule has 0 aliphatic heterocycles. The molecule has 2 aromatic rings. The summed E-state index contributed by atoms with van der Waals surface area (Å²) in [5.74, 6) is 0. The van der Waals surface area contributed by atoms with Crippen LogP contribution in [0.15, 0.2) is 27.9 Å². The second kappa shape index (κ2) is 7.96. The Morgan fingerprint density at radius 3 is 2.50 bits per heavy atom. The van der Waals surface area contributed by atoms with Crippen molar-refractivity contribution in [2.75, 3.05) is 19.6 Å². The Hall–Kier alpha value is -1.64. The third-order valence-corrected chi connectivity index (χ3v) is 5.75. The predicted molar refractivity (Wildman–Crippen MR) is 95.7 cm³/mol. The third kappa shape index (κ3) is 4.68. The van der Waals surface area contributed by atoms with Crippen LogP contribution in [0.3, 0.4) is 0 Å². The average Bonchev–Trinajstić information content (AvgIpc) is 2.90. The van der Waals surface area contributed by atoms with Gasteiger partial charge in [-0.3, -0.25) is 0 Å². The second-order valence-electron chi connectivity index (χ2n) is 5.98. The van der Waals surface area contributed by atoms with Gasteiger partial charge in [0.05, 0.1) is 15.9 Å². The van der Waals surface area contributed by atoms with Gasteiger partial charge < -0.3 is 14.9 Å². The monoisotopic (exact) mass is 354 g/mol. The molecule has 2 rings (SSSR count). The molecule has 0 bridgehead atoms. The highest BCUT2D eigenvalue weighted by Crippen LogP contribution is 2.15. The molecule has 0 amide bonds. The van der Waals surface area contributed by atoms with Crippen LogP contribution in [0.2, 0.25) is 0 Å². The summed E-state index contributed by atoms with van der Waals surface area (Å²) >= 11 is 0. The number of nitrogens with one attached hydrogen (secondary N) is 3. The molecular formula is C16H26N4O3S. The number of benzene rings is 1. The number of aromatic nitrogens is 2. The average molecular weight is 354 g/mol. The number of hydrogen-bond donors (Lipinski definition) is 3. The van der Waals surface area contributed by atoms with Crippen LogP contribution in [0.5, 0.6) is 0 Å². The van der Waals surface area contributed by atoms with Crippen molar-refractivity contribution in [2.24, 2.45) is 0 Å². The standard InChI is InChI=1S/C16H26N4O3S/c1-4-20(5-2)10-6-7-12(3)19-24(22,23)13-8-9-14-15(11-13)18-16(21)17-14/h8-9,11-12,19H,4-7,10H2,1-3H3,(H2,17,18,21)/t12-/m0/s1. The van der Waals surface area contributed by atoms with E-state index in [0.29, 0.717) is 11.0 Å². The van der Waals surface area contributed by atoms with E-state index < -0.39 is 10.0 Å². The molecule has 0 unspecified atom stereocenters. The minimum atomic E-state index is -3.60. The number of nitrogens with zero attached hydrogens (tertiary/aromatic N) is 1. The molecule has 0 saturated carbocycles. The number of aromatic amines is 2. The molecule has 0 saturated heterocycles. The SMILES string of the molecule is CCN(CC)CCC[C@H](C)NS(=O)(=O)c1ccc2[nH]c(=O)[nH]c2c1. The van der Waals surface area contributed by atoms with E-state index in [4.69, 9.17) is 0 Å². The maximum Gasteiger partial charge on any atom is 0.323 e. The number of imidazole rings is 1. The summed E-state index contributed by atoms with van der Waals surface area (Å²) in [4.78, 5) is 18.9. The Balaban J connectivity index is 1.99. The van der Waals surface area contributed by atoms with Gasteiger partial charge in [-0.15, -0.1) is 0 Å². The molecular weight excluding hydrogens is 328 g/mol. The normalized spacial score (nSPS) is 13.7. The Bertz CT molecular complexity index is 821. The summed E-state index contributed by atoms with van der Waals surface area (Å²) in [6.45, 7) is 9.09. The van der Waals surface area contributed by atoms with E-state index in [0.717, 1.165) is 32.5 Å². The summed E-state index contributed by atoms with van der Waals surface area (Å²) in [5, 5.41) is 0. The lowest BCUT2D eigenvalue weighted by molar-refractivity contribution is 0.293. The van der Waals surface area contributed by atoms with Gasteiger partial charge in [-0.25, -0.2) is 17.9 Å². The minimum Gasteiger partial charge on any atom is -0.306 e. The van der Waals surface area contributed by atoms with Crippen molar-refractivity contribution in [2.45, 2.75) is 44.6 Å². The fourth-order valence-electron chi connectivity index (χ4n) is 2.73. The number of hydrogen-bond acceptors (Lipinski definition) is 4. The molecule has 1 atom stereocenters. The molecule has 8 heteroatoms. The molecule has 1 aromatic heterocycles. The van der Waals surface area contributed by atoms with Crippen molar-refractivity contribution in [3.05, 3.63) is 28.7 Å². The summed E-state index contributed by atoms with van der Waals surface area (Å²) in [6, 6.07) is 4.41. The lowest BCUT2D eigenvalue weighted by Crippen LogP contribution is -2.33. The van der Waals surface area contributed by atoms with Crippen molar-refractivity contribution in [1.82, 2.24) is 19.6 Å². The molecule has 1 aromatic carbocycles. The van der Waals surface area contributed by atoms with Crippen LogP contribution < -0.4 is 10.4 Å². The highest BCUT2D eigenvalue weighted by Gasteiger charge is 2.18. The Kier molecular flexibility index (Phi) is 6.20. The van der Waals surface area contributed by atoms with Gasteiger partial charge in [0.1, 0.15) is 0 Å². The van der Waals surface area contributed by atoms with E-state index in [9.17, 15) is 13.2 Å². The van der Waals surface area contributed by atoms with Crippen LogP contribution in [0.1, 0.15) is 33.6 Å². The highest BCUT2D eigenvalue weighted by atomic mass is 32.2. The first-order chi connectivity index (χ1) is 11.4. The van der Waals surface area contributed by atoms with Gasteiger partial charge in [-0.2, -0.15) is 0 Å². The van der Waals surface area contributed by atoms with Gasteiger partial charge in [0, 0.05) is 6.04 Å². The first kappa shape index (κ1) is 18.7. The van der Waals surface area contributed by atoms with E-state index in [1.165, 1.54) is 12.1 Å². The molecule has 1 heterocycles. The van der Waals surface area contributed by atoms with Crippen LogP contribution >= 0.6 is 0 Å². The summed E-state index contributed by atoms with van der Waals surface area (Å²) in [6.07, 6.45) is 1.72. The third-order valence-electron chi connectivity index (χ3n) is 4.16. The molecule has 24 heavy (non-hydrogen) atoms. The Labute approximate surface area is 142 Å². The van der Waals surface area contributed by atoms with Gasteiger partial charge in [0.25, 0.3) is 0 Å². The van der Waals surface area contributed by atoms with Crippen molar-refractivity contribution < 1.29 is 8.42 Å². The van der Waals surface area contributed by atoms with E-state index in [2.05, 4.69) is 33.4 Å². The number of H-pyrrole nitrogens is 2. The molecule has 3 N–H and O–H groups in total. The van der Waals surface area contributed by atoms with Gasteiger partial charge in [-0.1, -0.05) is 13.8 Å². The summed E-state index contributed by atoms with van der Waals surface area (Å²) in [5.41, 5.74) is 0.723. The van der Waals surface area contributed by atoms with Gasteiger partial charge in [0.15, 0.2) is 0 Å². The molecule has 0 radical (unpaired) electrons. The van der Waals surface area contributed by atoms with Crippen LogP contribution in [-0.4, -0.2) is 49.0 Å². The van der Waals surface area contributed by atoms with Gasteiger partial charge in [-0.05, 0) is 57.6 Å². The second-order valence-corrected chi connectivity index (χ2v) is 7.69. The maximum atomic E-state index is 12.5. The summed E-state index contributed by atoms with van der Waals surface area (Å²) < 4.78 is 27.7.